The number of rotatable bonds is 56. The summed E-state index contributed by atoms with van der Waals surface area (Å²) < 4.78 is 16.9. The summed E-state index contributed by atoms with van der Waals surface area (Å²) in [4.78, 5) is 38.3. The Labute approximate surface area is 452 Å². The van der Waals surface area contributed by atoms with Gasteiger partial charge in [0, 0.05) is 19.3 Å². The molecule has 0 N–H and O–H groups in total. The molecule has 6 nitrogen and oxygen atoms in total. The van der Waals surface area contributed by atoms with Crippen molar-refractivity contribution in [3.8, 4) is 0 Å². The van der Waals surface area contributed by atoms with E-state index in [9.17, 15) is 14.4 Å². The van der Waals surface area contributed by atoms with Crippen LogP contribution in [0.4, 0.5) is 0 Å². The fourth-order valence-corrected chi connectivity index (χ4v) is 8.74. The number of hydrogen-bond donors (Lipinski definition) is 0. The summed E-state index contributed by atoms with van der Waals surface area (Å²) in [6.45, 7) is 6.52. The van der Waals surface area contributed by atoms with Crippen LogP contribution in [0.25, 0.3) is 0 Å². The van der Waals surface area contributed by atoms with Crippen LogP contribution in [0.1, 0.15) is 303 Å². The quantitative estimate of drug-likeness (QED) is 0.0261. The largest absolute Gasteiger partial charge is 0.462 e. The minimum atomic E-state index is -0.793. The van der Waals surface area contributed by atoms with E-state index >= 15 is 0 Å². The Morgan fingerprint density at radius 1 is 0.288 bits per heavy atom. The van der Waals surface area contributed by atoms with Crippen molar-refractivity contribution < 1.29 is 28.6 Å². The molecule has 0 spiro atoms. The van der Waals surface area contributed by atoms with Gasteiger partial charge in [-0.25, -0.2) is 0 Å². The summed E-state index contributed by atoms with van der Waals surface area (Å²) in [5.74, 6) is -0.907. The van der Waals surface area contributed by atoms with Crippen molar-refractivity contribution >= 4 is 17.9 Å². The lowest BCUT2D eigenvalue weighted by molar-refractivity contribution is -0.167. The molecule has 0 fully saturated rings. The maximum atomic E-state index is 12.9. The van der Waals surface area contributed by atoms with Crippen LogP contribution in [0.15, 0.2) is 85.1 Å². The molecular weight excluding hydrogens is 901 g/mol. The van der Waals surface area contributed by atoms with E-state index in [-0.39, 0.29) is 31.1 Å². The highest BCUT2D eigenvalue weighted by molar-refractivity contribution is 5.71. The third-order valence-electron chi connectivity index (χ3n) is 13.4. The summed E-state index contributed by atoms with van der Waals surface area (Å²) in [7, 11) is 0. The second-order valence-corrected chi connectivity index (χ2v) is 20.6. The van der Waals surface area contributed by atoms with Crippen LogP contribution in [0.2, 0.25) is 0 Å². The van der Waals surface area contributed by atoms with E-state index in [1.165, 1.54) is 148 Å². The highest BCUT2D eigenvalue weighted by Gasteiger charge is 2.19. The molecule has 0 amide bonds. The molecule has 6 heteroatoms. The third kappa shape index (κ3) is 59.3. The number of carbonyl (C=O) groups excluding carboxylic acids is 3. The molecule has 1 atom stereocenters. The molecule has 420 valence electrons. The van der Waals surface area contributed by atoms with Crippen LogP contribution >= 0.6 is 0 Å². The molecule has 0 aliphatic rings. The zero-order chi connectivity index (χ0) is 52.9. The summed E-state index contributed by atoms with van der Waals surface area (Å²) >= 11 is 0. The van der Waals surface area contributed by atoms with Gasteiger partial charge in [-0.15, -0.1) is 0 Å². The monoisotopic (exact) mass is 1020 g/mol. The Morgan fingerprint density at radius 3 is 0.836 bits per heavy atom. The summed E-state index contributed by atoms with van der Waals surface area (Å²) in [6, 6.07) is 0. The molecule has 0 saturated carbocycles. The lowest BCUT2D eigenvalue weighted by atomic mass is 10.0. The van der Waals surface area contributed by atoms with Gasteiger partial charge in [-0.3, -0.25) is 14.4 Å². The van der Waals surface area contributed by atoms with Crippen LogP contribution < -0.4 is 0 Å². The van der Waals surface area contributed by atoms with Gasteiger partial charge in [0.05, 0.1) is 0 Å². The lowest BCUT2D eigenvalue weighted by Gasteiger charge is -2.18. The molecular formula is C67H116O6. The average Bonchev–Trinajstić information content (AvgIpc) is 3.39. The van der Waals surface area contributed by atoms with Crippen LogP contribution in [0.5, 0.6) is 0 Å². The molecule has 0 saturated heterocycles. The molecule has 0 aromatic carbocycles. The number of unbranched alkanes of at least 4 members (excludes halogenated alkanes) is 31. The fourth-order valence-electron chi connectivity index (χ4n) is 8.74. The molecule has 0 aromatic heterocycles. The maximum Gasteiger partial charge on any atom is 0.306 e. The molecule has 0 heterocycles. The van der Waals surface area contributed by atoms with Crippen molar-refractivity contribution in [1.29, 1.82) is 0 Å². The van der Waals surface area contributed by atoms with E-state index < -0.39 is 6.10 Å². The number of ether oxygens (including phenoxy) is 3. The van der Waals surface area contributed by atoms with Gasteiger partial charge in [0.15, 0.2) is 6.10 Å². The van der Waals surface area contributed by atoms with Gasteiger partial charge in [0.2, 0.25) is 0 Å². The molecule has 0 aromatic rings. The van der Waals surface area contributed by atoms with Crippen molar-refractivity contribution in [1.82, 2.24) is 0 Å². The van der Waals surface area contributed by atoms with Gasteiger partial charge in [0.25, 0.3) is 0 Å². The van der Waals surface area contributed by atoms with E-state index in [0.29, 0.717) is 19.3 Å². The van der Waals surface area contributed by atoms with Gasteiger partial charge in [-0.2, -0.15) is 0 Å². The van der Waals surface area contributed by atoms with Crippen LogP contribution in [0.3, 0.4) is 0 Å². The molecule has 0 radical (unpaired) electrons. The molecule has 0 bridgehead atoms. The summed E-state index contributed by atoms with van der Waals surface area (Å²) in [5.41, 5.74) is 0. The first-order valence-electron chi connectivity index (χ1n) is 31.1. The number of hydrogen-bond acceptors (Lipinski definition) is 6. The molecule has 0 aliphatic heterocycles. The smallest absolute Gasteiger partial charge is 0.306 e. The van der Waals surface area contributed by atoms with Gasteiger partial charge in [0.1, 0.15) is 13.2 Å². The van der Waals surface area contributed by atoms with Gasteiger partial charge >= 0.3 is 17.9 Å². The van der Waals surface area contributed by atoms with Gasteiger partial charge in [-0.1, -0.05) is 273 Å². The van der Waals surface area contributed by atoms with Crippen molar-refractivity contribution in [3.05, 3.63) is 85.1 Å². The zero-order valence-electron chi connectivity index (χ0n) is 48.1. The van der Waals surface area contributed by atoms with E-state index in [1.807, 2.05) is 0 Å². The Hall–Kier alpha value is -3.41. The first-order chi connectivity index (χ1) is 36.0. The highest BCUT2D eigenvalue weighted by Crippen LogP contribution is 2.16. The van der Waals surface area contributed by atoms with Crippen LogP contribution in [-0.2, 0) is 28.6 Å². The molecule has 1 unspecified atom stereocenters. The van der Waals surface area contributed by atoms with Gasteiger partial charge < -0.3 is 14.2 Å². The molecule has 0 aliphatic carbocycles. The average molecular weight is 1020 g/mol. The Bertz CT molecular complexity index is 1400. The first kappa shape index (κ1) is 69.6. The predicted molar refractivity (Wildman–Crippen MR) is 316 cm³/mol. The van der Waals surface area contributed by atoms with Gasteiger partial charge in [-0.05, 0) is 96.3 Å². The van der Waals surface area contributed by atoms with Crippen molar-refractivity contribution in [2.45, 2.75) is 309 Å². The van der Waals surface area contributed by atoms with E-state index in [0.717, 1.165) is 116 Å². The van der Waals surface area contributed by atoms with Crippen LogP contribution in [0, 0.1) is 0 Å². The Morgan fingerprint density at radius 2 is 0.534 bits per heavy atom. The van der Waals surface area contributed by atoms with Crippen molar-refractivity contribution in [2.24, 2.45) is 0 Å². The second-order valence-electron chi connectivity index (χ2n) is 20.6. The number of carbonyl (C=O) groups is 3. The standard InChI is InChI=1S/C67H116O6/c1-4-7-10-13-16-19-22-25-28-30-31-32-33-34-35-37-39-42-45-48-51-54-57-60-66(69)72-63-64(62-71-65(68)59-56-53-50-47-44-41-38-27-24-21-18-15-12-9-6-3)73-67(70)61-58-55-52-49-46-43-40-36-29-26-23-20-17-14-11-8-5-2/h8,11,17,20,22,25-26,29-31,33-34,40,43,64H,4-7,9-10,12-16,18-19,21,23-24,27-28,32,35-39,41-42,44-63H2,1-3H3/b11-8-,20-17-,25-22-,29-26-,31-30-,34-33-,43-40-. The minimum Gasteiger partial charge on any atom is -0.462 e. The maximum absolute atomic E-state index is 12.9. The lowest BCUT2D eigenvalue weighted by Crippen LogP contribution is -2.30. The summed E-state index contributed by atoms with van der Waals surface area (Å²) in [6.07, 6.45) is 80.1. The minimum absolute atomic E-state index is 0.0868. The van der Waals surface area contributed by atoms with E-state index in [2.05, 4.69) is 106 Å². The normalized spacial score (nSPS) is 12.6. The molecule has 73 heavy (non-hydrogen) atoms. The second kappa shape index (κ2) is 61.1. The Balaban J connectivity index is 4.39. The zero-order valence-corrected chi connectivity index (χ0v) is 48.1. The van der Waals surface area contributed by atoms with Crippen molar-refractivity contribution in [2.75, 3.05) is 13.2 Å². The van der Waals surface area contributed by atoms with E-state index in [1.54, 1.807) is 0 Å². The SMILES string of the molecule is CC/C=C\C/C=C\C/C=C\C/C=C\CCCCCCC(=O)OC(COC(=O)CCCCCCCCCC/C=C\C/C=C\C/C=C\CCCCCCC)COC(=O)CCCCCCCCCCCCCCCCC. The topological polar surface area (TPSA) is 78.9 Å². The van der Waals surface area contributed by atoms with Crippen LogP contribution in [-0.4, -0.2) is 37.2 Å². The molecule has 0 rings (SSSR count). The third-order valence-corrected chi connectivity index (χ3v) is 13.4. The summed E-state index contributed by atoms with van der Waals surface area (Å²) in [5, 5.41) is 0. The number of allylic oxidation sites excluding steroid dienone is 14. The van der Waals surface area contributed by atoms with E-state index in [4.69, 9.17) is 14.2 Å². The highest BCUT2D eigenvalue weighted by atomic mass is 16.6. The first-order valence-corrected chi connectivity index (χ1v) is 31.1. The van der Waals surface area contributed by atoms with Crippen molar-refractivity contribution in [3.63, 3.8) is 0 Å². The Kier molecular flexibility index (Phi) is 58.3. The predicted octanol–water partition coefficient (Wildman–Crippen LogP) is 21.1. The fraction of sp³-hybridized carbons (Fsp3) is 0.746. The number of esters is 3.